The molecule has 1 rings (SSSR count). The fourth-order valence-corrected chi connectivity index (χ4v) is 0.820. The molecule has 55 valence electrons. The minimum absolute atomic E-state index is 0. The molecule has 0 heterocycles. The molecular formula is C7H5ClNOPr-. The molecule has 0 aliphatic rings. The second-order valence-electron chi connectivity index (χ2n) is 1.84. The maximum atomic E-state index is 10.4. The number of halogens is 1. The first-order chi connectivity index (χ1) is 4.70. The summed E-state index contributed by atoms with van der Waals surface area (Å²) in [5, 5.41) is 0.484. The number of rotatable bonds is 1. The van der Waals surface area contributed by atoms with Gasteiger partial charge in [-0.3, -0.25) is 0 Å². The van der Waals surface area contributed by atoms with Crippen LogP contribution in [0.1, 0.15) is 10.4 Å². The first-order valence-electron chi connectivity index (χ1n) is 2.71. The molecule has 0 aromatic heterocycles. The van der Waals surface area contributed by atoms with Gasteiger partial charge in [-0.15, -0.1) is 0 Å². The molecule has 1 aromatic rings. The van der Waals surface area contributed by atoms with E-state index in [4.69, 9.17) is 17.3 Å². The van der Waals surface area contributed by atoms with E-state index in [-0.39, 0.29) is 41.3 Å². The van der Waals surface area contributed by atoms with Crippen LogP contribution >= 0.6 is 11.6 Å². The summed E-state index contributed by atoms with van der Waals surface area (Å²) in [7, 11) is 0. The van der Waals surface area contributed by atoms with Crippen molar-refractivity contribution < 1.29 is 46.1 Å². The summed E-state index contributed by atoms with van der Waals surface area (Å²) in [6, 6.07) is 6.33. The number of nitrogens with one attached hydrogen (secondary N) is 1. The van der Waals surface area contributed by atoms with Crippen molar-refractivity contribution >= 4 is 17.5 Å². The summed E-state index contributed by atoms with van der Waals surface area (Å²) in [5.41, 5.74) is 7.04. The molecule has 4 heteroatoms. The first-order valence-corrected chi connectivity index (χ1v) is 3.09. The van der Waals surface area contributed by atoms with E-state index in [1.54, 1.807) is 18.2 Å². The van der Waals surface area contributed by atoms with E-state index >= 15 is 0 Å². The molecular weight excluding hydrogens is 290 g/mol. The number of hydrogen-bond donors (Lipinski definition) is 0. The molecule has 0 saturated heterocycles. The van der Waals surface area contributed by atoms with Gasteiger partial charge in [-0.05, 0) is 12.1 Å². The fraction of sp³-hybridized carbons (Fsp3) is 0. The van der Waals surface area contributed by atoms with Crippen molar-refractivity contribution in [2.45, 2.75) is 0 Å². The van der Waals surface area contributed by atoms with Gasteiger partial charge >= 0.3 is 0 Å². The Morgan fingerprint density at radius 1 is 1.45 bits per heavy atom. The van der Waals surface area contributed by atoms with Gasteiger partial charge in [0.15, 0.2) is 0 Å². The molecule has 0 atom stereocenters. The Bertz CT molecular complexity index is 264. The number of amides is 1. The van der Waals surface area contributed by atoms with Gasteiger partial charge in [0.1, 0.15) is 0 Å². The van der Waals surface area contributed by atoms with Crippen LogP contribution in [0, 0.1) is 41.3 Å². The zero-order valence-corrected chi connectivity index (χ0v) is 10.1. The zero-order chi connectivity index (χ0) is 7.56. The van der Waals surface area contributed by atoms with E-state index in [9.17, 15) is 4.79 Å². The third-order valence-corrected chi connectivity index (χ3v) is 1.32. The van der Waals surface area contributed by atoms with Crippen molar-refractivity contribution in [2.75, 3.05) is 0 Å². The average molecular weight is 295 g/mol. The molecule has 11 heavy (non-hydrogen) atoms. The van der Waals surface area contributed by atoms with Gasteiger partial charge < -0.3 is 10.5 Å². The van der Waals surface area contributed by atoms with Crippen molar-refractivity contribution in [3.8, 4) is 0 Å². The van der Waals surface area contributed by atoms with Crippen LogP contribution in [0.5, 0.6) is 0 Å². The van der Waals surface area contributed by atoms with Crippen LogP contribution in [0.25, 0.3) is 5.73 Å². The van der Waals surface area contributed by atoms with Crippen molar-refractivity contribution in [2.24, 2.45) is 0 Å². The smallest absolute Gasteiger partial charge is 0.0796 e. The van der Waals surface area contributed by atoms with Crippen LogP contribution in [0.4, 0.5) is 0 Å². The van der Waals surface area contributed by atoms with E-state index in [1.165, 1.54) is 6.07 Å². The summed E-state index contributed by atoms with van der Waals surface area (Å²) < 4.78 is 0. The minimum atomic E-state index is -0.706. The summed E-state index contributed by atoms with van der Waals surface area (Å²) in [5.74, 6) is -0.706. The zero-order valence-electron chi connectivity index (χ0n) is 5.67. The molecule has 0 spiro atoms. The standard InChI is InChI=1S/C7H6ClNO.Pr/c8-6-3-1-2-5(4-6)7(9)10;/h1-4H,(H2,9,10);/p-1. The third-order valence-electron chi connectivity index (χ3n) is 1.09. The van der Waals surface area contributed by atoms with E-state index in [2.05, 4.69) is 0 Å². The van der Waals surface area contributed by atoms with Crippen LogP contribution < -0.4 is 0 Å². The normalized spacial score (nSPS) is 8.45. The van der Waals surface area contributed by atoms with E-state index in [1.807, 2.05) is 0 Å². The number of hydrogen-bond acceptors (Lipinski definition) is 1. The van der Waals surface area contributed by atoms with Crippen molar-refractivity contribution in [3.63, 3.8) is 0 Å². The first kappa shape index (κ1) is 11.3. The molecule has 1 amide bonds. The van der Waals surface area contributed by atoms with E-state index < -0.39 is 5.91 Å². The van der Waals surface area contributed by atoms with Crippen molar-refractivity contribution in [1.29, 1.82) is 0 Å². The largest absolute Gasteiger partial charge is 0.664 e. The monoisotopic (exact) mass is 295 g/mol. The molecule has 0 fully saturated rings. The van der Waals surface area contributed by atoms with E-state index in [0.717, 1.165) is 0 Å². The number of carbonyl (C=O) groups is 1. The van der Waals surface area contributed by atoms with Gasteiger partial charge in [0.25, 0.3) is 0 Å². The predicted molar refractivity (Wildman–Crippen MR) is 40.1 cm³/mol. The molecule has 0 aliphatic heterocycles. The number of benzene rings is 1. The van der Waals surface area contributed by atoms with Gasteiger partial charge in [-0.2, -0.15) is 0 Å². The summed E-state index contributed by atoms with van der Waals surface area (Å²) in [6.45, 7) is 0. The van der Waals surface area contributed by atoms with Crippen LogP contribution in [0.15, 0.2) is 24.3 Å². The average Bonchev–Trinajstić information content (AvgIpc) is 1.88. The molecule has 1 radical (unpaired) electrons. The van der Waals surface area contributed by atoms with Gasteiger partial charge in [0.2, 0.25) is 0 Å². The summed E-state index contributed by atoms with van der Waals surface area (Å²) >= 11 is 5.55. The summed E-state index contributed by atoms with van der Waals surface area (Å²) in [4.78, 5) is 10.4. The number of carbonyl (C=O) groups excluding carboxylic acids is 1. The molecule has 0 unspecified atom stereocenters. The topological polar surface area (TPSA) is 40.9 Å². The molecule has 0 bridgehead atoms. The molecule has 0 aliphatic carbocycles. The van der Waals surface area contributed by atoms with E-state index in [0.29, 0.717) is 10.6 Å². The van der Waals surface area contributed by atoms with Crippen molar-refractivity contribution in [3.05, 3.63) is 40.6 Å². The van der Waals surface area contributed by atoms with Crippen LogP contribution in [0.3, 0.4) is 0 Å². The Hall–Kier alpha value is 0.344. The van der Waals surface area contributed by atoms with Gasteiger partial charge in [-0.25, -0.2) is 0 Å². The van der Waals surface area contributed by atoms with Crippen LogP contribution in [-0.4, -0.2) is 5.91 Å². The van der Waals surface area contributed by atoms with Gasteiger partial charge in [0.05, 0.1) is 5.91 Å². The second kappa shape index (κ2) is 5.07. The Labute approximate surface area is 103 Å². The van der Waals surface area contributed by atoms with Crippen molar-refractivity contribution in [1.82, 2.24) is 0 Å². The predicted octanol–water partition coefficient (Wildman–Crippen LogP) is 2.53. The third kappa shape index (κ3) is 3.50. The maximum Gasteiger partial charge on any atom is 0.0796 e. The Morgan fingerprint density at radius 3 is 2.45 bits per heavy atom. The minimum Gasteiger partial charge on any atom is -0.664 e. The molecule has 1 N–H and O–H groups in total. The van der Waals surface area contributed by atoms with Crippen LogP contribution in [-0.2, 0) is 0 Å². The molecule has 0 saturated carbocycles. The Morgan fingerprint density at radius 2 is 2.09 bits per heavy atom. The quantitative estimate of drug-likeness (QED) is 0.785. The molecule has 1 aromatic carbocycles. The Kier molecular flexibility index (Phi) is 5.23. The fourth-order valence-electron chi connectivity index (χ4n) is 0.630. The SMILES string of the molecule is [NH-]C(=O)c1cccc(Cl)c1.[Pr]. The second-order valence-corrected chi connectivity index (χ2v) is 2.28. The van der Waals surface area contributed by atoms with Gasteiger partial charge in [-0.1, -0.05) is 23.7 Å². The van der Waals surface area contributed by atoms with Crippen LogP contribution in [0.2, 0.25) is 5.02 Å². The van der Waals surface area contributed by atoms with Gasteiger partial charge in [0, 0.05) is 51.9 Å². The summed E-state index contributed by atoms with van der Waals surface area (Å²) in [6.07, 6.45) is 0. The maximum absolute atomic E-state index is 10.4. The molecule has 2 nitrogen and oxygen atoms in total. The Balaban J connectivity index is 0.000001000.